The Kier molecular flexibility index (Phi) is 6.13. The van der Waals surface area contributed by atoms with Crippen LogP contribution in [-0.4, -0.2) is 34.0 Å². The zero-order chi connectivity index (χ0) is 14.4. The topological polar surface area (TPSA) is 39.7 Å². The Morgan fingerprint density at radius 2 is 2.00 bits per heavy atom. The third-order valence-corrected chi connectivity index (χ3v) is 4.19. The minimum Gasteiger partial charge on any atom is -0.493 e. The van der Waals surface area contributed by atoms with Gasteiger partial charge in [0.05, 0.1) is 18.7 Å². The van der Waals surface area contributed by atoms with Crippen LogP contribution >= 0.6 is 15.9 Å². The summed E-state index contributed by atoms with van der Waals surface area (Å²) in [5.74, 6) is 2.22. The monoisotopic (exact) mass is 343 g/mol. The summed E-state index contributed by atoms with van der Waals surface area (Å²) in [7, 11) is 3.30. The number of methoxy groups -OCH3 is 2. The average molecular weight is 344 g/mol. The molecule has 1 fully saturated rings. The molecule has 112 valence electrons. The van der Waals surface area contributed by atoms with Gasteiger partial charge in [0.2, 0.25) is 0 Å². The lowest BCUT2D eigenvalue weighted by molar-refractivity contribution is 0.0662. The van der Waals surface area contributed by atoms with Gasteiger partial charge in [-0.1, -0.05) is 0 Å². The third-order valence-electron chi connectivity index (χ3n) is 3.60. The summed E-state index contributed by atoms with van der Waals surface area (Å²) in [6.45, 7) is 3.66. The maximum Gasteiger partial charge on any atom is 0.174 e. The summed E-state index contributed by atoms with van der Waals surface area (Å²) in [5.41, 5.74) is 1.18. The molecule has 1 aromatic carbocycles. The van der Waals surface area contributed by atoms with Crippen molar-refractivity contribution < 1.29 is 14.2 Å². The normalized spacial score (nSPS) is 16.1. The van der Waals surface area contributed by atoms with Crippen LogP contribution in [0.1, 0.15) is 18.4 Å². The Hall–Kier alpha value is -0.780. The minimum atomic E-state index is 0.729. The minimum absolute atomic E-state index is 0.729. The molecule has 0 radical (unpaired) electrons. The van der Waals surface area contributed by atoms with Crippen LogP contribution in [0.5, 0.6) is 11.5 Å². The van der Waals surface area contributed by atoms with Crippen LogP contribution < -0.4 is 14.8 Å². The lowest BCUT2D eigenvalue weighted by Gasteiger charge is -2.22. The molecule has 0 atom stereocenters. The molecule has 1 saturated heterocycles. The quantitative estimate of drug-likeness (QED) is 0.861. The van der Waals surface area contributed by atoms with Crippen molar-refractivity contribution in [1.82, 2.24) is 5.32 Å². The summed E-state index contributed by atoms with van der Waals surface area (Å²) in [4.78, 5) is 0. The molecule has 20 heavy (non-hydrogen) atoms. The Morgan fingerprint density at radius 1 is 1.25 bits per heavy atom. The van der Waals surface area contributed by atoms with Gasteiger partial charge in [-0.05, 0) is 58.9 Å². The van der Waals surface area contributed by atoms with Gasteiger partial charge in [0.15, 0.2) is 11.5 Å². The van der Waals surface area contributed by atoms with E-state index in [0.29, 0.717) is 0 Å². The van der Waals surface area contributed by atoms with Crippen LogP contribution in [0.2, 0.25) is 0 Å². The second-order valence-corrected chi connectivity index (χ2v) is 5.85. The van der Waals surface area contributed by atoms with Crippen LogP contribution in [-0.2, 0) is 11.3 Å². The van der Waals surface area contributed by atoms with Gasteiger partial charge in [-0.3, -0.25) is 0 Å². The molecule has 1 heterocycles. The van der Waals surface area contributed by atoms with Gasteiger partial charge in [-0.2, -0.15) is 0 Å². The van der Waals surface area contributed by atoms with Gasteiger partial charge in [-0.15, -0.1) is 0 Å². The first kappa shape index (κ1) is 15.6. The second-order valence-electron chi connectivity index (χ2n) is 5.00. The fourth-order valence-electron chi connectivity index (χ4n) is 2.44. The van der Waals surface area contributed by atoms with E-state index in [0.717, 1.165) is 61.0 Å². The van der Waals surface area contributed by atoms with Gasteiger partial charge >= 0.3 is 0 Å². The van der Waals surface area contributed by atoms with Crippen LogP contribution in [0.25, 0.3) is 0 Å². The van der Waals surface area contributed by atoms with Crippen molar-refractivity contribution in [1.29, 1.82) is 0 Å². The van der Waals surface area contributed by atoms with Crippen molar-refractivity contribution in [3.05, 3.63) is 22.2 Å². The lowest BCUT2D eigenvalue weighted by Crippen LogP contribution is -2.27. The molecular formula is C15H22BrNO3. The van der Waals surface area contributed by atoms with Crippen molar-refractivity contribution >= 4 is 15.9 Å². The van der Waals surface area contributed by atoms with Gasteiger partial charge < -0.3 is 19.5 Å². The predicted molar refractivity (Wildman–Crippen MR) is 82.5 cm³/mol. The molecule has 0 aromatic heterocycles. The van der Waals surface area contributed by atoms with E-state index in [9.17, 15) is 0 Å². The Bertz CT molecular complexity index is 433. The number of ether oxygens (including phenoxy) is 3. The zero-order valence-corrected chi connectivity index (χ0v) is 13.7. The highest BCUT2D eigenvalue weighted by molar-refractivity contribution is 9.10. The maximum absolute atomic E-state index is 5.37. The van der Waals surface area contributed by atoms with Gasteiger partial charge in [-0.25, -0.2) is 0 Å². The van der Waals surface area contributed by atoms with Crippen molar-refractivity contribution in [3.63, 3.8) is 0 Å². The molecule has 1 aliphatic heterocycles. The second kappa shape index (κ2) is 7.86. The van der Waals surface area contributed by atoms with Gasteiger partial charge in [0.1, 0.15) is 0 Å². The molecule has 4 nitrogen and oxygen atoms in total. The van der Waals surface area contributed by atoms with Crippen LogP contribution in [0.4, 0.5) is 0 Å². The van der Waals surface area contributed by atoms with Crippen LogP contribution in [0.3, 0.4) is 0 Å². The van der Waals surface area contributed by atoms with E-state index in [4.69, 9.17) is 14.2 Å². The van der Waals surface area contributed by atoms with Crippen molar-refractivity contribution in [2.24, 2.45) is 5.92 Å². The Balaban J connectivity index is 1.90. The van der Waals surface area contributed by atoms with Crippen LogP contribution in [0, 0.1) is 5.92 Å². The Labute approximate surface area is 128 Å². The average Bonchev–Trinajstić information content (AvgIpc) is 2.47. The van der Waals surface area contributed by atoms with E-state index >= 15 is 0 Å². The van der Waals surface area contributed by atoms with Gasteiger partial charge in [0.25, 0.3) is 0 Å². The highest BCUT2D eigenvalue weighted by Crippen LogP contribution is 2.36. The highest BCUT2D eigenvalue weighted by Gasteiger charge is 2.14. The molecule has 0 unspecified atom stereocenters. The summed E-state index contributed by atoms with van der Waals surface area (Å²) in [6.07, 6.45) is 2.31. The molecule has 5 heteroatoms. The van der Waals surface area contributed by atoms with E-state index in [2.05, 4.69) is 27.3 Å². The number of hydrogen-bond acceptors (Lipinski definition) is 4. The van der Waals surface area contributed by atoms with Crippen molar-refractivity contribution in [2.45, 2.75) is 19.4 Å². The third kappa shape index (κ3) is 4.11. The lowest BCUT2D eigenvalue weighted by atomic mass is 10.0. The van der Waals surface area contributed by atoms with E-state index in [1.165, 1.54) is 5.56 Å². The molecule has 0 spiro atoms. The SMILES string of the molecule is COc1cc(CNCC2CCOCC2)cc(Br)c1OC. The smallest absolute Gasteiger partial charge is 0.174 e. The number of nitrogens with one attached hydrogen (secondary N) is 1. The van der Waals surface area contributed by atoms with Crippen LogP contribution in [0.15, 0.2) is 16.6 Å². The van der Waals surface area contributed by atoms with Gasteiger partial charge in [0, 0.05) is 19.8 Å². The molecule has 0 bridgehead atoms. The molecular weight excluding hydrogens is 322 g/mol. The fraction of sp³-hybridized carbons (Fsp3) is 0.600. The zero-order valence-electron chi connectivity index (χ0n) is 12.1. The molecule has 0 saturated carbocycles. The number of hydrogen-bond donors (Lipinski definition) is 1. The maximum atomic E-state index is 5.37. The summed E-state index contributed by atoms with van der Waals surface area (Å²) in [6, 6.07) is 4.08. The fourth-order valence-corrected chi connectivity index (χ4v) is 3.10. The highest BCUT2D eigenvalue weighted by atomic mass is 79.9. The summed E-state index contributed by atoms with van der Waals surface area (Å²) < 4.78 is 17.0. The van der Waals surface area contributed by atoms with E-state index < -0.39 is 0 Å². The first-order valence-electron chi connectivity index (χ1n) is 6.93. The molecule has 0 aliphatic carbocycles. The van der Waals surface area contributed by atoms with E-state index in [-0.39, 0.29) is 0 Å². The molecule has 0 amide bonds. The number of rotatable bonds is 6. The standard InChI is InChI=1S/C15H22BrNO3/c1-18-14-8-12(7-13(16)15(14)19-2)10-17-9-11-3-5-20-6-4-11/h7-8,11,17H,3-6,9-10H2,1-2H3. The molecule has 1 aromatic rings. The Morgan fingerprint density at radius 3 is 2.65 bits per heavy atom. The van der Waals surface area contributed by atoms with E-state index in [1.807, 2.05) is 6.07 Å². The molecule has 1 N–H and O–H groups in total. The predicted octanol–water partition coefficient (Wildman–Crippen LogP) is 2.98. The number of halogens is 1. The summed E-state index contributed by atoms with van der Waals surface area (Å²) in [5, 5.41) is 3.51. The number of benzene rings is 1. The molecule has 2 rings (SSSR count). The summed E-state index contributed by atoms with van der Waals surface area (Å²) >= 11 is 3.52. The van der Waals surface area contributed by atoms with Crippen molar-refractivity contribution in [2.75, 3.05) is 34.0 Å². The molecule has 1 aliphatic rings. The first-order chi connectivity index (χ1) is 9.74. The van der Waals surface area contributed by atoms with E-state index in [1.54, 1.807) is 14.2 Å². The first-order valence-corrected chi connectivity index (χ1v) is 7.72. The largest absolute Gasteiger partial charge is 0.493 e. The van der Waals surface area contributed by atoms with Crippen molar-refractivity contribution in [3.8, 4) is 11.5 Å².